The van der Waals surface area contributed by atoms with Crippen molar-refractivity contribution in [3.63, 3.8) is 0 Å². The summed E-state index contributed by atoms with van der Waals surface area (Å²) in [6, 6.07) is 17.4. The SMILES string of the molecule is CCc1ccc(C2Nc3c(C)cccc3-c3cc(C)nn32)cc1. The van der Waals surface area contributed by atoms with Crippen LogP contribution in [0, 0.1) is 13.8 Å². The van der Waals surface area contributed by atoms with Crippen LogP contribution in [0.3, 0.4) is 0 Å². The van der Waals surface area contributed by atoms with E-state index in [9.17, 15) is 0 Å². The second-order valence-electron chi connectivity index (χ2n) is 6.26. The largest absolute Gasteiger partial charge is 0.359 e. The number of fused-ring (bicyclic) bond motifs is 3. The summed E-state index contributed by atoms with van der Waals surface area (Å²) in [7, 11) is 0. The molecule has 0 radical (unpaired) electrons. The lowest BCUT2D eigenvalue weighted by Gasteiger charge is -2.30. The third-order valence-corrected chi connectivity index (χ3v) is 4.64. The highest BCUT2D eigenvalue weighted by molar-refractivity contribution is 5.81. The number of aryl methyl sites for hydroxylation is 3. The Morgan fingerprint density at radius 1 is 1.09 bits per heavy atom. The molecule has 0 amide bonds. The summed E-state index contributed by atoms with van der Waals surface area (Å²) in [6.07, 6.45) is 1.10. The lowest BCUT2D eigenvalue weighted by molar-refractivity contribution is 0.570. The van der Waals surface area contributed by atoms with Crippen LogP contribution in [0.25, 0.3) is 11.3 Å². The van der Waals surface area contributed by atoms with E-state index < -0.39 is 0 Å². The van der Waals surface area contributed by atoms with E-state index in [-0.39, 0.29) is 6.17 Å². The van der Waals surface area contributed by atoms with Gasteiger partial charge in [0.2, 0.25) is 0 Å². The third-order valence-electron chi connectivity index (χ3n) is 4.64. The first-order valence-electron chi connectivity index (χ1n) is 8.19. The van der Waals surface area contributed by atoms with Crippen molar-refractivity contribution in [2.24, 2.45) is 0 Å². The van der Waals surface area contributed by atoms with Gasteiger partial charge in [-0.2, -0.15) is 5.10 Å². The molecule has 4 rings (SSSR count). The first kappa shape index (κ1) is 14.1. The Morgan fingerprint density at radius 3 is 2.61 bits per heavy atom. The average Bonchev–Trinajstić information content (AvgIpc) is 2.96. The predicted octanol–water partition coefficient (Wildman–Crippen LogP) is 4.70. The zero-order chi connectivity index (χ0) is 16.0. The van der Waals surface area contributed by atoms with Gasteiger partial charge in [0.25, 0.3) is 0 Å². The van der Waals surface area contributed by atoms with Crippen molar-refractivity contribution in [1.29, 1.82) is 0 Å². The quantitative estimate of drug-likeness (QED) is 0.743. The van der Waals surface area contributed by atoms with Crippen molar-refractivity contribution < 1.29 is 0 Å². The molecule has 0 saturated carbocycles. The van der Waals surface area contributed by atoms with Gasteiger partial charge in [-0.25, -0.2) is 4.68 Å². The number of hydrogen-bond donors (Lipinski definition) is 1. The Balaban J connectivity index is 1.87. The monoisotopic (exact) mass is 303 g/mol. The zero-order valence-corrected chi connectivity index (χ0v) is 13.8. The molecule has 0 aliphatic carbocycles. The summed E-state index contributed by atoms with van der Waals surface area (Å²) >= 11 is 0. The van der Waals surface area contributed by atoms with Gasteiger partial charge in [-0.05, 0) is 43.0 Å². The summed E-state index contributed by atoms with van der Waals surface area (Å²) < 4.78 is 2.11. The molecule has 1 N–H and O–H groups in total. The Kier molecular flexibility index (Phi) is 3.22. The van der Waals surface area contributed by atoms with Gasteiger partial charge in [0.1, 0.15) is 6.17 Å². The van der Waals surface area contributed by atoms with Crippen molar-refractivity contribution in [3.05, 3.63) is 70.9 Å². The fourth-order valence-corrected chi connectivity index (χ4v) is 3.35. The van der Waals surface area contributed by atoms with Crippen molar-refractivity contribution in [2.75, 3.05) is 5.32 Å². The van der Waals surface area contributed by atoms with Crippen LogP contribution in [0.15, 0.2) is 48.5 Å². The van der Waals surface area contributed by atoms with Gasteiger partial charge in [-0.15, -0.1) is 0 Å². The van der Waals surface area contributed by atoms with Gasteiger partial charge < -0.3 is 5.32 Å². The lowest BCUT2D eigenvalue weighted by Crippen LogP contribution is -2.26. The highest BCUT2D eigenvalue weighted by Gasteiger charge is 2.27. The molecule has 0 saturated heterocycles. The minimum absolute atomic E-state index is 0.0400. The summed E-state index contributed by atoms with van der Waals surface area (Å²) in [5, 5.41) is 8.42. The molecule has 3 heteroatoms. The van der Waals surface area contributed by atoms with Gasteiger partial charge >= 0.3 is 0 Å². The number of nitrogens with zero attached hydrogens (tertiary/aromatic N) is 2. The fourth-order valence-electron chi connectivity index (χ4n) is 3.35. The fraction of sp³-hybridized carbons (Fsp3) is 0.250. The van der Waals surface area contributed by atoms with Gasteiger partial charge in [0, 0.05) is 11.3 Å². The number of nitrogens with one attached hydrogen (secondary N) is 1. The van der Waals surface area contributed by atoms with Crippen molar-refractivity contribution >= 4 is 5.69 Å². The van der Waals surface area contributed by atoms with Crippen molar-refractivity contribution in [3.8, 4) is 11.3 Å². The first-order valence-corrected chi connectivity index (χ1v) is 8.19. The summed E-state index contributed by atoms with van der Waals surface area (Å²) in [5.41, 5.74) is 8.54. The number of aromatic nitrogens is 2. The van der Waals surface area contributed by atoms with Crippen LogP contribution in [0.1, 0.15) is 35.5 Å². The lowest BCUT2D eigenvalue weighted by atomic mass is 10.00. The minimum Gasteiger partial charge on any atom is -0.359 e. The van der Waals surface area contributed by atoms with E-state index in [0.717, 1.165) is 12.1 Å². The van der Waals surface area contributed by atoms with E-state index >= 15 is 0 Å². The highest BCUT2D eigenvalue weighted by Crippen LogP contribution is 2.40. The van der Waals surface area contributed by atoms with Crippen LogP contribution in [-0.2, 0) is 6.42 Å². The molecule has 1 unspecified atom stereocenters. The van der Waals surface area contributed by atoms with E-state index in [1.165, 1.54) is 33.6 Å². The molecule has 2 aromatic carbocycles. The van der Waals surface area contributed by atoms with Crippen LogP contribution in [0.5, 0.6) is 0 Å². The molecular formula is C20H21N3. The molecule has 0 bridgehead atoms. The van der Waals surface area contributed by atoms with Crippen LogP contribution >= 0.6 is 0 Å². The molecule has 0 spiro atoms. The number of hydrogen-bond acceptors (Lipinski definition) is 2. The number of para-hydroxylation sites is 1. The smallest absolute Gasteiger partial charge is 0.147 e. The Bertz CT molecular complexity index is 859. The molecule has 1 aliphatic heterocycles. The topological polar surface area (TPSA) is 29.9 Å². The van der Waals surface area contributed by atoms with E-state index in [0.29, 0.717) is 0 Å². The number of rotatable bonds is 2. The Labute approximate surface area is 137 Å². The average molecular weight is 303 g/mol. The zero-order valence-electron chi connectivity index (χ0n) is 13.8. The molecule has 1 aromatic heterocycles. The van der Waals surface area contributed by atoms with E-state index in [2.05, 4.69) is 79.3 Å². The van der Waals surface area contributed by atoms with Gasteiger partial charge in [-0.1, -0.05) is 49.4 Å². The van der Waals surface area contributed by atoms with E-state index in [4.69, 9.17) is 5.10 Å². The number of anilines is 1. The molecule has 1 aliphatic rings. The maximum atomic E-state index is 4.73. The maximum absolute atomic E-state index is 4.73. The molecule has 0 fully saturated rings. The minimum atomic E-state index is 0.0400. The van der Waals surface area contributed by atoms with Crippen LogP contribution in [-0.4, -0.2) is 9.78 Å². The van der Waals surface area contributed by atoms with Crippen LogP contribution in [0.2, 0.25) is 0 Å². The van der Waals surface area contributed by atoms with Crippen LogP contribution in [0.4, 0.5) is 5.69 Å². The maximum Gasteiger partial charge on any atom is 0.147 e. The molecular weight excluding hydrogens is 282 g/mol. The normalized spacial score (nSPS) is 15.7. The Morgan fingerprint density at radius 2 is 1.87 bits per heavy atom. The van der Waals surface area contributed by atoms with Gasteiger partial charge in [0.15, 0.2) is 0 Å². The second-order valence-corrected chi connectivity index (χ2v) is 6.26. The second kappa shape index (κ2) is 5.27. The van der Waals surface area contributed by atoms with E-state index in [1.54, 1.807) is 0 Å². The summed E-state index contributed by atoms with van der Waals surface area (Å²) in [6.45, 7) is 6.39. The van der Waals surface area contributed by atoms with Crippen LogP contribution < -0.4 is 5.32 Å². The van der Waals surface area contributed by atoms with Crippen molar-refractivity contribution in [1.82, 2.24) is 9.78 Å². The predicted molar refractivity (Wildman–Crippen MR) is 94.7 cm³/mol. The first-order chi connectivity index (χ1) is 11.2. The summed E-state index contributed by atoms with van der Waals surface area (Å²) in [4.78, 5) is 0. The third kappa shape index (κ3) is 2.24. The van der Waals surface area contributed by atoms with Gasteiger partial charge in [-0.3, -0.25) is 0 Å². The molecule has 2 heterocycles. The van der Waals surface area contributed by atoms with E-state index in [1.807, 2.05) is 0 Å². The molecule has 116 valence electrons. The molecule has 1 atom stereocenters. The van der Waals surface area contributed by atoms with Gasteiger partial charge in [0.05, 0.1) is 11.4 Å². The Hall–Kier alpha value is -2.55. The molecule has 3 aromatic rings. The summed E-state index contributed by atoms with van der Waals surface area (Å²) in [5.74, 6) is 0. The molecule has 3 nitrogen and oxygen atoms in total. The number of benzene rings is 2. The highest BCUT2D eigenvalue weighted by atomic mass is 15.4. The molecule has 23 heavy (non-hydrogen) atoms. The standard InChI is InChI=1S/C20H21N3/c1-4-15-8-10-16(11-9-15)20-21-19-13(2)6-5-7-17(19)18-12-14(3)22-23(18)20/h5-12,20-21H,4H2,1-3H3. The van der Waals surface area contributed by atoms with Crippen molar-refractivity contribution in [2.45, 2.75) is 33.4 Å².